The molecule has 0 aliphatic carbocycles. The zero-order valence-corrected chi connectivity index (χ0v) is 42.7. The molecule has 2 saturated heterocycles. The molecule has 1 N–H and O–H groups in total. The lowest BCUT2D eigenvalue weighted by molar-refractivity contribution is -0.315. The summed E-state index contributed by atoms with van der Waals surface area (Å²) < 4.78 is 73.2. The number of alkyl carbamates (subject to hydrolysis) is 1. The van der Waals surface area contributed by atoms with E-state index >= 15 is 4.79 Å². The fraction of sp³-hybridized carbons (Fsp3) is 0.317. The van der Waals surface area contributed by atoms with Crippen molar-refractivity contribution < 1.29 is 56.9 Å². The van der Waals surface area contributed by atoms with Gasteiger partial charge in [0, 0.05) is 7.11 Å². The molecule has 0 unspecified atom stereocenters. The third kappa shape index (κ3) is 16.0. The molecule has 2 heterocycles. The number of hydrogen-bond donors (Lipinski definition) is 1. The summed E-state index contributed by atoms with van der Waals surface area (Å²) in [6.07, 6.45) is -10.0. The summed E-state index contributed by atoms with van der Waals surface area (Å²) in [6.45, 7) is 1.75. The Morgan fingerprint density at radius 3 is 1.04 bits per heavy atom. The third-order valence-electron chi connectivity index (χ3n) is 13.2. The van der Waals surface area contributed by atoms with Gasteiger partial charge in [0.15, 0.2) is 18.6 Å². The van der Waals surface area contributed by atoms with Gasteiger partial charge in [0.1, 0.15) is 42.7 Å². The van der Waals surface area contributed by atoms with E-state index in [2.05, 4.69) is 5.32 Å². The van der Waals surface area contributed by atoms with Gasteiger partial charge in [0.05, 0.1) is 59.5 Å². The van der Waals surface area contributed by atoms with Crippen LogP contribution in [0.15, 0.2) is 212 Å². The normalized spacial score (nSPS) is 23.4. The van der Waals surface area contributed by atoms with E-state index in [1.165, 1.54) is 7.11 Å². The maximum Gasteiger partial charge on any atom is 0.409 e. The molecule has 7 aromatic rings. The van der Waals surface area contributed by atoms with Gasteiger partial charge in [0.25, 0.3) is 0 Å². The Morgan fingerprint density at radius 1 is 0.368 bits per heavy atom. The summed E-state index contributed by atoms with van der Waals surface area (Å²) in [5.41, 5.74) is 6.59. The van der Waals surface area contributed by atoms with Gasteiger partial charge < -0.3 is 52.1 Å². The first-order valence-corrected chi connectivity index (χ1v) is 25.9. The molecule has 13 nitrogen and oxygen atoms in total. The van der Waals surface area contributed by atoms with Crippen molar-refractivity contribution in [1.82, 2.24) is 5.32 Å². The van der Waals surface area contributed by atoms with Crippen LogP contribution >= 0.6 is 0 Å². The quantitative estimate of drug-likeness (QED) is 0.0554. The van der Waals surface area contributed by atoms with E-state index in [-0.39, 0.29) is 46.2 Å². The molecule has 0 saturated carbocycles. The Balaban J connectivity index is 1.05. The second-order valence-electron chi connectivity index (χ2n) is 18.7. The molecule has 0 aromatic heterocycles. The smallest absolute Gasteiger partial charge is 0.409 e. The largest absolute Gasteiger partial charge is 0.440 e. The first kappa shape index (κ1) is 54.2. The van der Waals surface area contributed by atoms with Crippen molar-refractivity contribution in [2.24, 2.45) is 0 Å². The molecule has 0 radical (unpaired) electrons. The van der Waals surface area contributed by atoms with Crippen molar-refractivity contribution >= 4 is 6.09 Å². The van der Waals surface area contributed by atoms with Gasteiger partial charge in [-0.15, -0.1) is 0 Å². The number of carbonyl (C=O) groups excluding carboxylic acids is 1. The molecule has 396 valence electrons. The highest BCUT2D eigenvalue weighted by atomic mass is 16.7. The molecule has 2 fully saturated rings. The lowest BCUT2D eigenvalue weighted by atomic mass is 9.96. The Bertz CT molecular complexity index is 2700. The number of benzene rings is 7. The topological polar surface area (TPSA) is 131 Å². The van der Waals surface area contributed by atoms with Crippen molar-refractivity contribution in [3.05, 3.63) is 251 Å². The van der Waals surface area contributed by atoms with Gasteiger partial charge in [0.2, 0.25) is 0 Å². The van der Waals surface area contributed by atoms with Crippen LogP contribution in [0.5, 0.6) is 0 Å². The number of hydrogen-bond acceptors (Lipinski definition) is 12. The molecule has 0 spiro atoms. The zero-order chi connectivity index (χ0) is 52.0. The number of amides is 1. The molecule has 1 amide bonds. The maximum atomic E-state index is 15.1. The zero-order valence-electron chi connectivity index (χ0n) is 42.7. The lowest BCUT2D eigenvalue weighted by Gasteiger charge is -2.47. The Morgan fingerprint density at radius 2 is 0.671 bits per heavy atom. The molecule has 0 bridgehead atoms. The average molecular weight is 1030 g/mol. The standard InChI is InChI=1S/C63H67NO12/c1-66-62-60(73-43-52-35-21-8-22-36-52)58(56(70-40-49-29-15-5-16-30-49)54(75-62)45-68-38-47-25-11-3-12-26-47)76-63(65)64-61-59(72-42-51-33-19-7-20-34-51)57(71-41-50-31-17-6-18-32-50)55(69-39-48-27-13-4-14-28-48)53(74-61)44-67-37-46-23-9-2-10-24-46/h2-36,53-62H,37-45H2,1H3,(H,64,65)/t53-,54-,55-,56-,57+,58+,59-,60-,61+,62-/m1/s1. The molecule has 9 rings (SSSR count). The van der Waals surface area contributed by atoms with E-state index in [1.807, 2.05) is 212 Å². The molecule has 2 aliphatic rings. The van der Waals surface area contributed by atoms with Gasteiger partial charge >= 0.3 is 6.09 Å². The van der Waals surface area contributed by atoms with Crippen LogP contribution in [-0.4, -0.2) is 87.8 Å². The number of ether oxygens (including phenoxy) is 11. The summed E-state index contributed by atoms with van der Waals surface area (Å²) in [5, 5.41) is 3.09. The first-order valence-electron chi connectivity index (χ1n) is 25.9. The van der Waals surface area contributed by atoms with Crippen molar-refractivity contribution in [3.63, 3.8) is 0 Å². The lowest BCUT2D eigenvalue weighted by Crippen LogP contribution is -2.66. The predicted octanol–water partition coefficient (Wildman–Crippen LogP) is 10.5. The van der Waals surface area contributed by atoms with Gasteiger partial charge in [-0.25, -0.2) is 4.79 Å². The van der Waals surface area contributed by atoms with Crippen LogP contribution in [0.2, 0.25) is 0 Å². The molecular weight excluding hydrogens is 963 g/mol. The van der Waals surface area contributed by atoms with Crippen LogP contribution in [0.25, 0.3) is 0 Å². The van der Waals surface area contributed by atoms with E-state index in [1.54, 1.807) is 0 Å². The third-order valence-corrected chi connectivity index (χ3v) is 13.2. The monoisotopic (exact) mass is 1030 g/mol. The summed E-state index contributed by atoms with van der Waals surface area (Å²) in [6, 6.07) is 68.9. The Hall–Kier alpha value is -6.59. The molecular formula is C63H67NO12. The van der Waals surface area contributed by atoms with Crippen LogP contribution < -0.4 is 5.32 Å². The van der Waals surface area contributed by atoms with Crippen LogP contribution in [-0.2, 0) is 98.4 Å². The van der Waals surface area contributed by atoms with E-state index < -0.39 is 67.4 Å². The highest BCUT2D eigenvalue weighted by molar-refractivity contribution is 5.68. The molecule has 2 aliphatic heterocycles. The minimum Gasteiger partial charge on any atom is -0.440 e. The van der Waals surface area contributed by atoms with Crippen LogP contribution in [0.3, 0.4) is 0 Å². The van der Waals surface area contributed by atoms with Gasteiger partial charge in [-0.3, -0.25) is 5.32 Å². The summed E-state index contributed by atoms with van der Waals surface area (Å²) >= 11 is 0. The van der Waals surface area contributed by atoms with Gasteiger partial charge in [-0.2, -0.15) is 0 Å². The minimum absolute atomic E-state index is 0.0810. The van der Waals surface area contributed by atoms with Crippen LogP contribution in [0, 0.1) is 0 Å². The molecule has 10 atom stereocenters. The molecule has 13 heteroatoms. The SMILES string of the molecule is CO[C@@H]1O[C@H](COCc2ccccc2)[C@@H](OCc2ccccc2)[C@H](OC(=O)N[C@H]2O[C@H](COCc3ccccc3)[C@@H](OCc3ccccc3)[C@H](OCc3ccccc3)[C@H]2OCc2ccccc2)[C@H]1OCc1ccccc1. The highest BCUT2D eigenvalue weighted by Crippen LogP contribution is 2.33. The average Bonchev–Trinajstić information content (AvgIpc) is 3.47. The Labute approximate surface area is 445 Å². The van der Waals surface area contributed by atoms with Gasteiger partial charge in [-0.1, -0.05) is 212 Å². The number of nitrogens with one attached hydrogen (secondary N) is 1. The predicted molar refractivity (Wildman–Crippen MR) is 285 cm³/mol. The van der Waals surface area contributed by atoms with E-state index in [4.69, 9.17) is 52.1 Å². The van der Waals surface area contributed by atoms with Crippen molar-refractivity contribution in [2.45, 2.75) is 108 Å². The van der Waals surface area contributed by atoms with E-state index in [0.29, 0.717) is 13.2 Å². The van der Waals surface area contributed by atoms with Crippen molar-refractivity contribution in [2.75, 3.05) is 20.3 Å². The second kappa shape index (κ2) is 29.1. The number of rotatable bonds is 26. The van der Waals surface area contributed by atoms with E-state index in [9.17, 15) is 0 Å². The van der Waals surface area contributed by atoms with Crippen LogP contribution in [0.1, 0.15) is 38.9 Å². The van der Waals surface area contributed by atoms with Crippen molar-refractivity contribution in [1.29, 1.82) is 0 Å². The van der Waals surface area contributed by atoms with E-state index in [0.717, 1.165) is 38.9 Å². The fourth-order valence-electron chi connectivity index (χ4n) is 9.29. The van der Waals surface area contributed by atoms with Crippen LogP contribution in [0.4, 0.5) is 4.79 Å². The number of methoxy groups -OCH3 is 1. The highest BCUT2D eigenvalue weighted by Gasteiger charge is 2.52. The first-order chi connectivity index (χ1) is 37.6. The fourth-order valence-corrected chi connectivity index (χ4v) is 9.29. The number of carbonyl (C=O) groups is 1. The van der Waals surface area contributed by atoms with Crippen molar-refractivity contribution in [3.8, 4) is 0 Å². The summed E-state index contributed by atoms with van der Waals surface area (Å²) in [4.78, 5) is 15.1. The Kier molecular flexibility index (Phi) is 20.7. The summed E-state index contributed by atoms with van der Waals surface area (Å²) in [5.74, 6) is 0. The maximum absolute atomic E-state index is 15.1. The summed E-state index contributed by atoms with van der Waals surface area (Å²) in [7, 11) is 1.53. The molecule has 76 heavy (non-hydrogen) atoms. The molecule has 7 aromatic carbocycles. The van der Waals surface area contributed by atoms with Gasteiger partial charge in [-0.05, 0) is 38.9 Å². The minimum atomic E-state index is -1.16. The second-order valence-corrected chi connectivity index (χ2v) is 18.7.